The molecule has 1 fully saturated rings. The Labute approximate surface area is 147 Å². The third kappa shape index (κ3) is 3.19. The summed E-state index contributed by atoms with van der Waals surface area (Å²) in [6, 6.07) is 11.2. The van der Waals surface area contributed by atoms with Crippen molar-refractivity contribution in [2.45, 2.75) is 0 Å². The van der Waals surface area contributed by atoms with E-state index in [4.69, 9.17) is 23.8 Å². The molecule has 1 aliphatic rings. The van der Waals surface area contributed by atoms with E-state index >= 15 is 0 Å². The highest BCUT2D eigenvalue weighted by Crippen LogP contribution is 2.37. The zero-order valence-electron chi connectivity index (χ0n) is 11.6. The molecule has 116 valence electrons. The van der Waals surface area contributed by atoms with E-state index in [2.05, 4.69) is 0 Å². The minimum Gasteiger partial charge on any atom is -0.504 e. The van der Waals surface area contributed by atoms with Gasteiger partial charge in [-0.1, -0.05) is 41.6 Å². The lowest BCUT2D eigenvalue weighted by molar-refractivity contribution is -0.113. The van der Waals surface area contributed by atoms with Crippen molar-refractivity contribution >= 4 is 57.6 Å². The van der Waals surface area contributed by atoms with Gasteiger partial charge in [-0.25, -0.2) is 0 Å². The molecule has 0 saturated carbocycles. The van der Waals surface area contributed by atoms with Crippen molar-refractivity contribution in [3.63, 3.8) is 0 Å². The zero-order chi connectivity index (χ0) is 16.6. The van der Waals surface area contributed by atoms with Gasteiger partial charge in [0.15, 0.2) is 15.8 Å². The van der Waals surface area contributed by atoms with Crippen LogP contribution < -0.4 is 4.90 Å². The van der Waals surface area contributed by atoms with Crippen LogP contribution in [0.25, 0.3) is 6.08 Å². The summed E-state index contributed by atoms with van der Waals surface area (Å²) in [5.74, 6) is -0.697. The number of phenolic OH excluding ortho intramolecular Hbond substituents is 2. The molecule has 4 nitrogen and oxygen atoms in total. The van der Waals surface area contributed by atoms with Crippen molar-refractivity contribution in [1.29, 1.82) is 0 Å². The monoisotopic (exact) mass is 363 g/mol. The fourth-order valence-corrected chi connectivity index (χ4v) is 3.49. The predicted octanol–water partition coefficient (Wildman–Crippen LogP) is 4.16. The van der Waals surface area contributed by atoms with E-state index in [9.17, 15) is 15.0 Å². The van der Waals surface area contributed by atoms with E-state index in [0.29, 0.717) is 25.5 Å². The van der Waals surface area contributed by atoms with Gasteiger partial charge in [-0.2, -0.15) is 0 Å². The Balaban J connectivity index is 1.92. The standard InChI is InChI=1S/C16H10ClNO3S2/c17-10-2-4-11(5-3-10)18-15(21)14(23-16(18)22)8-9-1-6-12(19)13(20)7-9/h1-8,19-20H. The van der Waals surface area contributed by atoms with E-state index < -0.39 is 0 Å². The van der Waals surface area contributed by atoms with Gasteiger partial charge in [0.2, 0.25) is 0 Å². The van der Waals surface area contributed by atoms with E-state index in [1.807, 2.05) is 0 Å². The number of amides is 1. The number of phenols is 2. The van der Waals surface area contributed by atoms with Crippen molar-refractivity contribution in [2.24, 2.45) is 0 Å². The number of aromatic hydroxyl groups is 2. The van der Waals surface area contributed by atoms with Crippen LogP contribution >= 0.6 is 35.6 Å². The molecule has 0 atom stereocenters. The van der Waals surface area contributed by atoms with E-state index in [-0.39, 0.29) is 17.4 Å². The zero-order valence-corrected chi connectivity index (χ0v) is 14.0. The maximum Gasteiger partial charge on any atom is 0.270 e. The summed E-state index contributed by atoms with van der Waals surface area (Å²) in [4.78, 5) is 14.4. The predicted molar refractivity (Wildman–Crippen MR) is 96.9 cm³/mol. The average Bonchev–Trinajstić information content (AvgIpc) is 2.79. The van der Waals surface area contributed by atoms with Gasteiger partial charge in [0.05, 0.1) is 10.6 Å². The second-order valence-electron chi connectivity index (χ2n) is 4.74. The highest BCUT2D eigenvalue weighted by atomic mass is 35.5. The number of hydrogen-bond acceptors (Lipinski definition) is 5. The topological polar surface area (TPSA) is 60.8 Å². The summed E-state index contributed by atoms with van der Waals surface area (Å²) in [5.41, 5.74) is 1.24. The first kappa shape index (κ1) is 15.9. The van der Waals surface area contributed by atoms with Gasteiger partial charge in [-0.15, -0.1) is 0 Å². The quantitative estimate of drug-likeness (QED) is 0.476. The van der Waals surface area contributed by atoms with Gasteiger partial charge >= 0.3 is 0 Å². The second kappa shape index (κ2) is 6.23. The molecular formula is C16H10ClNO3S2. The van der Waals surface area contributed by atoms with Crippen molar-refractivity contribution in [1.82, 2.24) is 0 Å². The van der Waals surface area contributed by atoms with Gasteiger partial charge in [-0.3, -0.25) is 9.69 Å². The van der Waals surface area contributed by atoms with Crippen LogP contribution in [0.1, 0.15) is 5.56 Å². The molecule has 0 spiro atoms. The number of anilines is 1. The lowest BCUT2D eigenvalue weighted by Crippen LogP contribution is -2.27. The lowest BCUT2D eigenvalue weighted by Gasteiger charge is -2.14. The van der Waals surface area contributed by atoms with Crippen molar-refractivity contribution in [2.75, 3.05) is 4.90 Å². The Morgan fingerprint density at radius 3 is 2.43 bits per heavy atom. The van der Waals surface area contributed by atoms with Crippen molar-refractivity contribution in [3.05, 3.63) is 58.0 Å². The minimum atomic E-state index is -0.244. The number of hydrogen-bond donors (Lipinski definition) is 2. The Hall–Kier alpha value is -2.02. The number of benzene rings is 2. The molecule has 0 aliphatic carbocycles. The van der Waals surface area contributed by atoms with Gasteiger partial charge < -0.3 is 10.2 Å². The molecule has 2 aromatic carbocycles. The normalized spacial score (nSPS) is 16.4. The summed E-state index contributed by atoms with van der Waals surface area (Å²) in [5, 5.41) is 19.4. The summed E-state index contributed by atoms with van der Waals surface area (Å²) >= 11 is 12.3. The molecule has 23 heavy (non-hydrogen) atoms. The molecule has 0 bridgehead atoms. The van der Waals surface area contributed by atoms with E-state index in [0.717, 1.165) is 0 Å². The van der Waals surface area contributed by atoms with Crippen LogP contribution in [0.2, 0.25) is 5.02 Å². The molecule has 3 rings (SSSR count). The first-order chi connectivity index (χ1) is 11.0. The smallest absolute Gasteiger partial charge is 0.270 e. The Morgan fingerprint density at radius 1 is 1.09 bits per heavy atom. The van der Waals surface area contributed by atoms with Crippen LogP contribution in [-0.2, 0) is 4.79 Å². The van der Waals surface area contributed by atoms with E-state index in [1.54, 1.807) is 36.4 Å². The molecule has 1 amide bonds. The van der Waals surface area contributed by atoms with E-state index in [1.165, 1.54) is 28.8 Å². The molecule has 0 radical (unpaired) electrons. The van der Waals surface area contributed by atoms with Crippen molar-refractivity contribution < 1.29 is 15.0 Å². The summed E-state index contributed by atoms with van der Waals surface area (Å²) < 4.78 is 0.423. The van der Waals surface area contributed by atoms with Crippen LogP contribution in [0.5, 0.6) is 11.5 Å². The lowest BCUT2D eigenvalue weighted by atomic mass is 10.2. The number of halogens is 1. The molecule has 1 heterocycles. The maximum absolute atomic E-state index is 12.6. The highest BCUT2D eigenvalue weighted by Gasteiger charge is 2.33. The molecule has 0 aromatic heterocycles. The number of nitrogens with zero attached hydrogens (tertiary/aromatic N) is 1. The van der Waals surface area contributed by atoms with Gasteiger partial charge in [0, 0.05) is 5.02 Å². The maximum atomic E-state index is 12.6. The van der Waals surface area contributed by atoms with Crippen LogP contribution in [0.3, 0.4) is 0 Å². The fourth-order valence-electron chi connectivity index (χ4n) is 2.06. The fraction of sp³-hybridized carbons (Fsp3) is 0. The van der Waals surface area contributed by atoms with Crippen LogP contribution in [-0.4, -0.2) is 20.4 Å². The number of rotatable bonds is 2. The number of carbonyl (C=O) groups excluding carboxylic acids is 1. The molecule has 2 N–H and O–H groups in total. The summed E-state index contributed by atoms with van der Waals surface area (Å²) in [6.45, 7) is 0. The molecule has 0 unspecified atom stereocenters. The number of thioether (sulfide) groups is 1. The summed E-state index contributed by atoms with van der Waals surface area (Å²) in [6.07, 6.45) is 1.62. The minimum absolute atomic E-state index is 0.212. The largest absolute Gasteiger partial charge is 0.504 e. The molecule has 7 heteroatoms. The molecule has 1 aliphatic heterocycles. The number of carbonyl (C=O) groups is 1. The van der Waals surface area contributed by atoms with Gasteiger partial charge in [-0.05, 0) is 48.0 Å². The Kier molecular flexibility index (Phi) is 4.30. The molecule has 2 aromatic rings. The third-order valence-electron chi connectivity index (χ3n) is 3.18. The van der Waals surface area contributed by atoms with Gasteiger partial charge in [0.1, 0.15) is 0 Å². The molecular weight excluding hydrogens is 354 g/mol. The van der Waals surface area contributed by atoms with Crippen molar-refractivity contribution in [3.8, 4) is 11.5 Å². The Bertz CT molecular complexity index is 834. The second-order valence-corrected chi connectivity index (χ2v) is 6.85. The number of thiocarbonyl (C=S) groups is 1. The third-order valence-corrected chi connectivity index (χ3v) is 4.73. The van der Waals surface area contributed by atoms with Crippen LogP contribution in [0.4, 0.5) is 5.69 Å². The SMILES string of the molecule is O=C1C(=Cc2ccc(O)c(O)c2)SC(=S)N1c1ccc(Cl)cc1. The first-order valence-electron chi connectivity index (χ1n) is 6.51. The van der Waals surface area contributed by atoms with Crippen LogP contribution in [0, 0.1) is 0 Å². The summed E-state index contributed by atoms with van der Waals surface area (Å²) in [7, 11) is 0. The molecule has 1 saturated heterocycles. The van der Waals surface area contributed by atoms with Gasteiger partial charge in [0.25, 0.3) is 5.91 Å². The first-order valence-corrected chi connectivity index (χ1v) is 8.11. The highest BCUT2D eigenvalue weighted by molar-refractivity contribution is 8.27. The average molecular weight is 364 g/mol. The Morgan fingerprint density at radius 2 is 1.78 bits per heavy atom. The van der Waals surface area contributed by atoms with Crippen LogP contribution in [0.15, 0.2) is 47.4 Å².